The van der Waals surface area contributed by atoms with Crippen molar-refractivity contribution in [3.8, 4) is 0 Å². The van der Waals surface area contributed by atoms with E-state index >= 15 is 0 Å². The third-order valence-corrected chi connectivity index (χ3v) is 4.60. The number of fused-ring (bicyclic) bond motifs is 3. The molecule has 0 saturated heterocycles. The summed E-state index contributed by atoms with van der Waals surface area (Å²) >= 11 is 0. The maximum absolute atomic E-state index is 12.7. The molecule has 0 atom stereocenters. The van der Waals surface area contributed by atoms with Crippen LogP contribution in [0.25, 0.3) is 21.9 Å². The van der Waals surface area contributed by atoms with Gasteiger partial charge in [0.1, 0.15) is 5.65 Å². The molecule has 3 aromatic rings. The van der Waals surface area contributed by atoms with Crippen molar-refractivity contribution in [1.29, 1.82) is 0 Å². The predicted molar refractivity (Wildman–Crippen MR) is 97.0 cm³/mol. The molecule has 2 aromatic heterocycles. The van der Waals surface area contributed by atoms with Gasteiger partial charge in [-0.3, -0.25) is 0 Å². The third kappa shape index (κ3) is 2.52. The van der Waals surface area contributed by atoms with Gasteiger partial charge in [0.15, 0.2) is 0 Å². The van der Waals surface area contributed by atoms with Crippen LogP contribution in [0.2, 0.25) is 0 Å². The van der Waals surface area contributed by atoms with Crippen molar-refractivity contribution >= 4 is 39.8 Å². The topological polar surface area (TPSA) is 96.7 Å². The average Bonchev–Trinajstić information content (AvgIpc) is 2.99. The van der Waals surface area contributed by atoms with E-state index in [4.69, 9.17) is 14.2 Å². The second kappa shape index (κ2) is 6.71. The fourth-order valence-corrected chi connectivity index (χ4v) is 3.45. The summed E-state index contributed by atoms with van der Waals surface area (Å²) in [7, 11) is 5.30. The average molecular weight is 370 g/mol. The van der Waals surface area contributed by atoms with Gasteiger partial charge in [-0.1, -0.05) is 0 Å². The Bertz CT molecular complexity index is 1110. The number of esters is 3. The molecule has 3 rings (SSSR count). The number of aryl methyl sites for hydroxylation is 2. The van der Waals surface area contributed by atoms with Gasteiger partial charge in [-0.25, -0.2) is 19.4 Å². The highest BCUT2D eigenvalue weighted by Gasteiger charge is 2.33. The number of methoxy groups -OCH3 is 3. The summed E-state index contributed by atoms with van der Waals surface area (Å²) in [6.07, 6.45) is 1.62. The minimum absolute atomic E-state index is 0.0337. The molecule has 0 amide bonds. The predicted octanol–water partition coefficient (Wildman–Crippen LogP) is 2.39. The van der Waals surface area contributed by atoms with Crippen molar-refractivity contribution in [3.63, 3.8) is 0 Å². The highest BCUT2D eigenvalue weighted by Crippen LogP contribution is 2.37. The van der Waals surface area contributed by atoms with Gasteiger partial charge in [-0.15, -0.1) is 0 Å². The number of carbonyl (C=O) groups excluding carboxylic acids is 3. The molecule has 0 fully saturated rings. The van der Waals surface area contributed by atoms with E-state index in [0.717, 1.165) is 5.39 Å². The number of hydrogen-bond donors (Lipinski definition) is 0. The summed E-state index contributed by atoms with van der Waals surface area (Å²) < 4.78 is 16.3. The quantitative estimate of drug-likeness (QED) is 0.516. The molecule has 0 bridgehead atoms. The third-order valence-electron chi connectivity index (χ3n) is 4.60. The first-order chi connectivity index (χ1) is 12.9. The van der Waals surface area contributed by atoms with Gasteiger partial charge in [-0.05, 0) is 24.6 Å². The Morgan fingerprint density at radius 1 is 0.926 bits per heavy atom. The Morgan fingerprint density at radius 2 is 1.48 bits per heavy atom. The molecule has 27 heavy (non-hydrogen) atoms. The molecular formula is C19H18N2O6. The molecule has 0 aliphatic heterocycles. The van der Waals surface area contributed by atoms with Crippen LogP contribution in [0.4, 0.5) is 0 Å². The Kier molecular flexibility index (Phi) is 4.57. The fourth-order valence-electron chi connectivity index (χ4n) is 3.45. The molecule has 8 nitrogen and oxygen atoms in total. The van der Waals surface area contributed by atoms with Crippen molar-refractivity contribution < 1.29 is 28.6 Å². The number of aromatic nitrogens is 2. The van der Waals surface area contributed by atoms with Crippen LogP contribution >= 0.6 is 0 Å². The first-order valence-corrected chi connectivity index (χ1v) is 8.03. The summed E-state index contributed by atoms with van der Waals surface area (Å²) in [5.41, 5.74) is 1.23. The minimum atomic E-state index is -0.834. The molecule has 8 heteroatoms. The molecule has 0 radical (unpaired) electrons. The Hall–Kier alpha value is -3.42. The lowest BCUT2D eigenvalue weighted by Crippen LogP contribution is -2.20. The van der Waals surface area contributed by atoms with Gasteiger partial charge in [-0.2, -0.15) is 0 Å². The van der Waals surface area contributed by atoms with Crippen LogP contribution < -0.4 is 0 Å². The molecule has 0 unspecified atom stereocenters. The largest absolute Gasteiger partial charge is 0.465 e. The molecule has 0 N–H and O–H groups in total. The van der Waals surface area contributed by atoms with E-state index in [1.165, 1.54) is 21.3 Å². The number of nitrogens with zero attached hydrogens (tertiary/aromatic N) is 2. The van der Waals surface area contributed by atoms with E-state index < -0.39 is 17.9 Å². The smallest absolute Gasteiger partial charge is 0.340 e. The van der Waals surface area contributed by atoms with Crippen molar-refractivity contribution in [3.05, 3.63) is 40.6 Å². The summed E-state index contributed by atoms with van der Waals surface area (Å²) in [6, 6.07) is 3.59. The number of rotatable bonds is 3. The van der Waals surface area contributed by atoms with Crippen molar-refractivity contribution in [2.24, 2.45) is 7.05 Å². The molecule has 1 aromatic carbocycles. The van der Waals surface area contributed by atoms with Gasteiger partial charge in [0.2, 0.25) is 0 Å². The maximum atomic E-state index is 12.7. The number of ether oxygens (including phenoxy) is 3. The Balaban J connectivity index is 2.71. The van der Waals surface area contributed by atoms with E-state index in [1.54, 1.807) is 30.8 Å². The number of carbonyl (C=O) groups is 3. The summed E-state index contributed by atoms with van der Waals surface area (Å²) in [6.45, 7) is 1.69. The Labute approximate surface area is 154 Å². The molecule has 0 aliphatic rings. The highest BCUT2D eigenvalue weighted by molar-refractivity contribution is 6.23. The van der Waals surface area contributed by atoms with E-state index in [-0.39, 0.29) is 16.7 Å². The minimum Gasteiger partial charge on any atom is -0.465 e. The van der Waals surface area contributed by atoms with Gasteiger partial charge >= 0.3 is 17.9 Å². The van der Waals surface area contributed by atoms with Gasteiger partial charge < -0.3 is 18.8 Å². The maximum Gasteiger partial charge on any atom is 0.340 e. The zero-order chi connectivity index (χ0) is 19.9. The zero-order valence-electron chi connectivity index (χ0n) is 15.6. The van der Waals surface area contributed by atoms with E-state index in [0.29, 0.717) is 22.1 Å². The lowest BCUT2D eigenvalue weighted by atomic mass is 9.91. The van der Waals surface area contributed by atoms with Gasteiger partial charge in [0.05, 0.1) is 43.5 Å². The molecular weight excluding hydrogens is 352 g/mol. The van der Waals surface area contributed by atoms with E-state index in [9.17, 15) is 14.4 Å². The lowest BCUT2D eigenvalue weighted by molar-refractivity contribution is 0.0536. The monoisotopic (exact) mass is 370 g/mol. The summed E-state index contributed by atoms with van der Waals surface area (Å²) in [4.78, 5) is 42.1. The molecule has 140 valence electrons. The van der Waals surface area contributed by atoms with Crippen LogP contribution in [0.3, 0.4) is 0 Å². The van der Waals surface area contributed by atoms with Crippen LogP contribution in [-0.4, -0.2) is 48.8 Å². The number of pyridine rings is 1. The number of hydrogen-bond acceptors (Lipinski definition) is 7. The first kappa shape index (κ1) is 18.4. The SMILES string of the molecule is COC(=O)c1c(C(=O)OC)c(C(=O)OC)c2c(c1C)c1cccnc1n2C. The van der Waals surface area contributed by atoms with Crippen molar-refractivity contribution in [2.45, 2.75) is 6.92 Å². The van der Waals surface area contributed by atoms with Crippen LogP contribution in [0.15, 0.2) is 18.3 Å². The highest BCUT2D eigenvalue weighted by atomic mass is 16.5. The van der Waals surface area contributed by atoms with Gasteiger partial charge in [0.25, 0.3) is 0 Å². The van der Waals surface area contributed by atoms with Crippen molar-refractivity contribution in [1.82, 2.24) is 9.55 Å². The molecule has 0 spiro atoms. The van der Waals surface area contributed by atoms with E-state index in [1.807, 2.05) is 6.07 Å². The summed E-state index contributed by atoms with van der Waals surface area (Å²) in [5.74, 6) is -2.35. The summed E-state index contributed by atoms with van der Waals surface area (Å²) in [5, 5.41) is 1.35. The molecule has 0 saturated carbocycles. The van der Waals surface area contributed by atoms with Crippen LogP contribution in [0.5, 0.6) is 0 Å². The normalized spacial score (nSPS) is 10.9. The second-order valence-electron chi connectivity index (χ2n) is 5.88. The second-order valence-corrected chi connectivity index (χ2v) is 5.88. The standard InChI is InChI=1S/C19H18N2O6/c1-9-11-10-7-6-8-20-16(10)21(2)15(11)14(19(24)27-5)13(18(23)26-4)12(9)17(22)25-3/h6-8H,1-5H3. The van der Waals surface area contributed by atoms with Crippen LogP contribution in [-0.2, 0) is 21.3 Å². The van der Waals surface area contributed by atoms with E-state index in [2.05, 4.69) is 4.98 Å². The van der Waals surface area contributed by atoms with Crippen LogP contribution in [0.1, 0.15) is 36.6 Å². The van der Waals surface area contributed by atoms with Gasteiger partial charge in [0, 0.05) is 24.0 Å². The first-order valence-electron chi connectivity index (χ1n) is 8.03. The van der Waals surface area contributed by atoms with Crippen molar-refractivity contribution in [2.75, 3.05) is 21.3 Å². The Morgan fingerprint density at radius 3 is 2.07 bits per heavy atom. The molecule has 2 heterocycles. The molecule has 0 aliphatic carbocycles. The van der Waals surface area contributed by atoms with Crippen LogP contribution in [0, 0.1) is 6.92 Å². The number of benzene rings is 1. The lowest BCUT2D eigenvalue weighted by Gasteiger charge is -2.16. The zero-order valence-corrected chi connectivity index (χ0v) is 15.6. The fraction of sp³-hybridized carbons (Fsp3) is 0.263.